The van der Waals surface area contributed by atoms with E-state index in [0.717, 1.165) is 33.5 Å². The van der Waals surface area contributed by atoms with E-state index in [9.17, 15) is 4.79 Å². The van der Waals surface area contributed by atoms with Crippen LogP contribution in [0.2, 0.25) is 0 Å². The molecule has 4 aromatic rings. The lowest BCUT2D eigenvalue weighted by molar-refractivity contribution is 0.0827. The molecule has 33 heavy (non-hydrogen) atoms. The van der Waals surface area contributed by atoms with Crippen molar-refractivity contribution in [1.29, 1.82) is 0 Å². The van der Waals surface area contributed by atoms with Gasteiger partial charge < -0.3 is 9.64 Å². The van der Waals surface area contributed by atoms with E-state index in [1.54, 1.807) is 37.9 Å². The lowest BCUT2D eigenvalue weighted by atomic mass is 10.1. The second-order valence-electron chi connectivity index (χ2n) is 7.86. The van der Waals surface area contributed by atoms with Crippen molar-refractivity contribution in [3.63, 3.8) is 0 Å². The standard InChI is InChI=1S/C26H26N4O2S/c1-18-9-15-21(16-10-18)30-24(22-7-5-6-8-23(22)32-4)27-28-26(30)33-17-19-11-13-20(14-12-19)25(31)29(2)3/h5-16H,17H2,1-4H3. The molecule has 1 heterocycles. The first-order valence-corrected chi connectivity index (χ1v) is 11.6. The molecule has 0 radical (unpaired) electrons. The summed E-state index contributed by atoms with van der Waals surface area (Å²) in [6.45, 7) is 2.07. The molecule has 0 fully saturated rings. The summed E-state index contributed by atoms with van der Waals surface area (Å²) in [5.74, 6) is 2.17. The van der Waals surface area contributed by atoms with Gasteiger partial charge in [-0.2, -0.15) is 0 Å². The lowest BCUT2D eigenvalue weighted by Crippen LogP contribution is -2.21. The Labute approximate surface area is 198 Å². The molecule has 0 bridgehead atoms. The number of nitrogens with zero attached hydrogens (tertiary/aromatic N) is 4. The van der Waals surface area contributed by atoms with Gasteiger partial charge in [0.25, 0.3) is 5.91 Å². The molecule has 0 saturated carbocycles. The molecule has 4 rings (SSSR count). The normalized spacial score (nSPS) is 10.8. The lowest BCUT2D eigenvalue weighted by Gasteiger charge is -2.13. The van der Waals surface area contributed by atoms with Gasteiger partial charge in [-0.3, -0.25) is 9.36 Å². The van der Waals surface area contributed by atoms with Crippen molar-refractivity contribution in [2.45, 2.75) is 17.8 Å². The number of aromatic nitrogens is 3. The van der Waals surface area contributed by atoms with Gasteiger partial charge in [-0.1, -0.05) is 53.7 Å². The van der Waals surface area contributed by atoms with E-state index in [-0.39, 0.29) is 5.91 Å². The van der Waals surface area contributed by atoms with Crippen LogP contribution >= 0.6 is 11.8 Å². The molecular weight excluding hydrogens is 432 g/mol. The summed E-state index contributed by atoms with van der Waals surface area (Å²) in [4.78, 5) is 13.7. The summed E-state index contributed by atoms with van der Waals surface area (Å²) >= 11 is 1.60. The maximum Gasteiger partial charge on any atom is 0.253 e. The molecule has 0 saturated heterocycles. The van der Waals surface area contributed by atoms with Crippen LogP contribution in [-0.4, -0.2) is 46.8 Å². The predicted molar refractivity (Wildman–Crippen MR) is 132 cm³/mol. The van der Waals surface area contributed by atoms with Crippen molar-refractivity contribution in [2.75, 3.05) is 21.2 Å². The number of aryl methyl sites for hydroxylation is 1. The predicted octanol–water partition coefficient (Wildman–Crippen LogP) is 5.25. The molecule has 0 atom stereocenters. The largest absolute Gasteiger partial charge is 0.496 e. The zero-order valence-corrected chi connectivity index (χ0v) is 20.0. The molecule has 168 valence electrons. The van der Waals surface area contributed by atoms with Gasteiger partial charge in [-0.05, 0) is 48.9 Å². The first kappa shape index (κ1) is 22.6. The first-order valence-electron chi connectivity index (χ1n) is 10.6. The van der Waals surface area contributed by atoms with E-state index in [2.05, 4.69) is 46.0 Å². The molecule has 1 aromatic heterocycles. The number of methoxy groups -OCH3 is 1. The molecule has 0 aliphatic carbocycles. The van der Waals surface area contributed by atoms with Crippen LogP contribution in [0.4, 0.5) is 0 Å². The van der Waals surface area contributed by atoms with Crippen LogP contribution < -0.4 is 4.74 Å². The Bertz CT molecular complexity index is 1250. The van der Waals surface area contributed by atoms with Crippen molar-refractivity contribution < 1.29 is 9.53 Å². The van der Waals surface area contributed by atoms with Crippen LogP contribution in [0.15, 0.2) is 78.0 Å². The van der Waals surface area contributed by atoms with Gasteiger partial charge in [0.2, 0.25) is 0 Å². The highest BCUT2D eigenvalue weighted by Crippen LogP contribution is 2.34. The number of hydrogen-bond acceptors (Lipinski definition) is 5. The summed E-state index contributed by atoms with van der Waals surface area (Å²) in [6.07, 6.45) is 0. The SMILES string of the molecule is COc1ccccc1-c1nnc(SCc2ccc(C(=O)N(C)C)cc2)n1-c1ccc(C)cc1. The Morgan fingerprint density at radius 1 is 0.970 bits per heavy atom. The van der Waals surface area contributed by atoms with Crippen LogP contribution in [0.5, 0.6) is 5.75 Å². The minimum absolute atomic E-state index is 0.00485. The van der Waals surface area contributed by atoms with Crippen molar-refractivity contribution in [3.05, 3.63) is 89.5 Å². The number of amides is 1. The Balaban J connectivity index is 1.66. The smallest absolute Gasteiger partial charge is 0.253 e. The highest BCUT2D eigenvalue weighted by atomic mass is 32.2. The fraction of sp³-hybridized carbons (Fsp3) is 0.192. The van der Waals surface area contributed by atoms with Gasteiger partial charge in [-0.25, -0.2) is 0 Å². The Hall–Kier alpha value is -3.58. The fourth-order valence-corrected chi connectivity index (χ4v) is 4.35. The Kier molecular flexibility index (Phi) is 6.79. The highest BCUT2D eigenvalue weighted by Gasteiger charge is 2.19. The average molecular weight is 459 g/mol. The third-order valence-electron chi connectivity index (χ3n) is 5.25. The molecule has 0 unspecified atom stereocenters. The van der Waals surface area contributed by atoms with Crippen molar-refractivity contribution >= 4 is 17.7 Å². The molecule has 0 spiro atoms. The summed E-state index contributed by atoms with van der Waals surface area (Å²) in [5, 5.41) is 9.82. The highest BCUT2D eigenvalue weighted by molar-refractivity contribution is 7.98. The van der Waals surface area contributed by atoms with Gasteiger partial charge >= 0.3 is 0 Å². The number of carbonyl (C=O) groups is 1. The van der Waals surface area contributed by atoms with Gasteiger partial charge in [0.1, 0.15) is 5.75 Å². The van der Waals surface area contributed by atoms with Crippen LogP contribution in [0.25, 0.3) is 17.1 Å². The van der Waals surface area contributed by atoms with Crippen molar-refractivity contribution in [2.24, 2.45) is 0 Å². The van der Waals surface area contributed by atoms with Crippen LogP contribution in [0.1, 0.15) is 21.5 Å². The molecule has 3 aromatic carbocycles. The monoisotopic (exact) mass is 458 g/mol. The maximum atomic E-state index is 12.1. The van der Waals surface area contributed by atoms with Crippen LogP contribution in [-0.2, 0) is 5.75 Å². The summed E-state index contributed by atoms with van der Waals surface area (Å²) in [6, 6.07) is 23.8. The maximum absolute atomic E-state index is 12.1. The summed E-state index contributed by atoms with van der Waals surface area (Å²) < 4.78 is 7.64. The number of para-hydroxylation sites is 1. The minimum Gasteiger partial charge on any atom is -0.496 e. The molecule has 1 amide bonds. The van der Waals surface area contributed by atoms with E-state index >= 15 is 0 Å². The fourth-order valence-electron chi connectivity index (χ4n) is 3.44. The van der Waals surface area contributed by atoms with Gasteiger partial charge in [-0.15, -0.1) is 10.2 Å². The topological polar surface area (TPSA) is 60.3 Å². The van der Waals surface area contributed by atoms with Crippen molar-refractivity contribution in [3.8, 4) is 22.8 Å². The molecule has 0 N–H and O–H groups in total. The van der Waals surface area contributed by atoms with Crippen LogP contribution in [0, 0.1) is 6.92 Å². The van der Waals surface area contributed by atoms with Crippen molar-refractivity contribution in [1.82, 2.24) is 19.7 Å². The number of carbonyl (C=O) groups excluding carboxylic acids is 1. The zero-order chi connectivity index (χ0) is 23.4. The number of hydrogen-bond donors (Lipinski definition) is 0. The first-order chi connectivity index (χ1) is 16.0. The molecule has 0 aliphatic heterocycles. The molecule has 7 heteroatoms. The van der Waals surface area contributed by atoms with E-state index in [4.69, 9.17) is 4.74 Å². The van der Waals surface area contributed by atoms with Gasteiger partial charge in [0.05, 0.1) is 12.7 Å². The number of ether oxygens (including phenoxy) is 1. The van der Waals surface area contributed by atoms with E-state index in [1.807, 2.05) is 48.5 Å². The quantitative estimate of drug-likeness (QED) is 0.354. The minimum atomic E-state index is -0.00485. The number of rotatable bonds is 7. The van der Waals surface area contributed by atoms with Gasteiger partial charge in [0, 0.05) is 31.1 Å². The third-order valence-corrected chi connectivity index (χ3v) is 6.25. The summed E-state index contributed by atoms with van der Waals surface area (Å²) in [7, 11) is 5.17. The Morgan fingerprint density at radius 2 is 1.67 bits per heavy atom. The molecule has 0 aliphatic rings. The van der Waals surface area contributed by atoms with Crippen LogP contribution in [0.3, 0.4) is 0 Å². The number of benzene rings is 3. The van der Waals surface area contributed by atoms with E-state index in [0.29, 0.717) is 11.3 Å². The average Bonchev–Trinajstić information content (AvgIpc) is 3.26. The summed E-state index contributed by atoms with van der Waals surface area (Å²) in [5.41, 5.74) is 4.84. The number of thioether (sulfide) groups is 1. The van der Waals surface area contributed by atoms with E-state index < -0.39 is 0 Å². The molecular formula is C26H26N4O2S. The zero-order valence-electron chi connectivity index (χ0n) is 19.1. The molecule has 6 nitrogen and oxygen atoms in total. The third kappa shape index (κ3) is 4.93. The van der Waals surface area contributed by atoms with E-state index in [1.165, 1.54) is 5.56 Å². The second-order valence-corrected chi connectivity index (χ2v) is 8.81. The second kappa shape index (κ2) is 9.92. The Morgan fingerprint density at radius 3 is 2.33 bits per heavy atom. The van der Waals surface area contributed by atoms with Gasteiger partial charge in [0.15, 0.2) is 11.0 Å².